The minimum atomic E-state index is -3.74. The van der Waals surface area contributed by atoms with E-state index < -0.39 is 10.0 Å². The summed E-state index contributed by atoms with van der Waals surface area (Å²) in [7, 11) is -0.698. The molecule has 0 aliphatic rings. The Morgan fingerprint density at radius 1 is 1.40 bits per heavy atom. The van der Waals surface area contributed by atoms with Crippen molar-refractivity contribution in [3.63, 3.8) is 0 Å². The van der Waals surface area contributed by atoms with Crippen LogP contribution in [0, 0.1) is 0 Å². The Bertz CT molecular complexity index is 521. The van der Waals surface area contributed by atoms with Gasteiger partial charge in [-0.1, -0.05) is 0 Å². The fourth-order valence-corrected chi connectivity index (χ4v) is 3.50. The molecule has 0 aliphatic carbocycles. The van der Waals surface area contributed by atoms with Crippen LogP contribution in [0.25, 0.3) is 0 Å². The molecule has 0 spiro atoms. The van der Waals surface area contributed by atoms with Crippen molar-refractivity contribution >= 4 is 15.8 Å². The fraction of sp³-hybridized carbons (Fsp3) is 0.583. The van der Waals surface area contributed by atoms with E-state index in [1.807, 2.05) is 0 Å². The Balaban J connectivity index is 3.13. The summed E-state index contributed by atoms with van der Waals surface area (Å²) < 4.78 is 36.7. The highest BCUT2D eigenvalue weighted by molar-refractivity contribution is 7.89. The molecular formula is C12H21N3O4S. The lowest BCUT2D eigenvalue weighted by Gasteiger charge is -2.27. The molecule has 0 radical (unpaired) electrons. The monoisotopic (exact) mass is 303 g/mol. The number of nitrogen functional groups attached to an aromatic ring is 1. The fourth-order valence-electron chi connectivity index (χ4n) is 1.83. The molecule has 1 aromatic heterocycles. The smallest absolute Gasteiger partial charge is 0.247 e. The van der Waals surface area contributed by atoms with E-state index in [1.54, 1.807) is 13.0 Å². The SMILES string of the molecule is COCCN(C(C)COC)S(=O)(=O)c1cccnc1N. The van der Waals surface area contributed by atoms with Gasteiger partial charge in [0.05, 0.1) is 13.2 Å². The van der Waals surface area contributed by atoms with Crippen LogP contribution in [0.15, 0.2) is 23.2 Å². The van der Waals surface area contributed by atoms with Crippen molar-refractivity contribution in [2.45, 2.75) is 17.9 Å². The molecule has 114 valence electrons. The molecule has 1 aromatic rings. The molecule has 1 heterocycles. The summed E-state index contributed by atoms with van der Waals surface area (Å²) in [5.41, 5.74) is 5.67. The van der Waals surface area contributed by atoms with Gasteiger partial charge in [0.1, 0.15) is 10.7 Å². The van der Waals surface area contributed by atoms with Crippen LogP contribution in [0.4, 0.5) is 5.82 Å². The first-order valence-electron chi connectivity index (χ1n) is 6.15. The highest BCUT2D eigenvalue weighted by Gasteiger charge is 2.30. The molecule has 0 saturated heterocycles. The summed E-state index contributed by atoms with van der Waals surface area (Å²) in [5.74, 6) is -0.0143. The first-order valence-corrected chi connectivity index (χ1v) is 7.59. The van der Waals surface area contributed by atoms with Crippen LogP contribution in [0.5, 0.6) is 0 Å². The minimum Gasteiger partial charge on any atom is -0.383 e. The topological polar surface area (TPSA) is 94.8 Å². The Hall–Kier alpha value is -1.22. The van der Waals surface area contributed by atoms with Gasteiger partial charge in [0, 0.05) is 33.0 Å². The van der Waals surface area contributed by atoms with Crippen LogP contribution in [0.3, 0.4) is 0 Å². The maximum atomic E-state index is 12.7. The lowest BCUT2D eigenvalue weighted by Crippen LogP contribution is -2.43. The highest BCUT2D eigenvalue weighted by Crippen LogP contribution is 2.22. The van der Waals surface area contributed by atoms with Crippen LogP contribution < -0.4 is 5.73 Å². The van der Waals surface area contributed by atoms with E-state index in [4.69, 9.17) is 15.2 Å². The number of hydrogen-bond acceptors (Lipinski definition) is 6. The van der Waals surface area contributed by atoms with Crippen molar-refractivity contribution in [3.8, 4) is 0 Å². The van der Waals surface area contributed by atoms with E-state index >= 15 is 0 Å². The van der Waals surface area contributed by atoms with Crippen LogP contribution in [0.2, 0.25) is 0 Å². The zero-order valence-corrected chi connectivity index (χ0v) is 12.8. The number of ether oxygens (including phenoxy) is 2. The molecule has 20 heavy (non-hydrogen) atoms. The van der Waals surface area contributed by atoms with Gasteiger partial charge in [-0.2, -0.15) is 4.31 Å². The largest absolute Gasteiger partial charge is 0.383 e. The van der Waals surface area contributed by atoms with Gasteiger partial charge >= 0.3 is 0 Å². The van der Waals surface area contributed by atoms with E-state index in [-0.39, 0.29) is 36.5 Å². The van der Waals surface area contributed by atoms with E-state index in [2.05, 4.69) is 4.98 Å². The second-order valence-corrected chi connectivity index (χ2v) is 6.16. The van der Waals surface area contributed by atoms with Crippen molar-refractivity contribution in [1.82, 2.24) is 9.29 Å². The second kappa shape index (κ2) is 7.53. The van der Waals surface area contributed by atoms with Crippen molar-refractivity contribution in [1.29, 1.82) is 0 Å². The second-order valence-electron chi connectivity index (χ2n) is 4.30. The average Bonchev–Trinajstić information content (AvgIpc) is 2.39. The summed E-state index contributed by atoms with van der Waals surface area (Å²) in [6, 6.07) is 2.65. The molecule has 1 atom stereocenters. The Labute approximate surface area is 119 Å². The average molecular weight is 303 g/mol. The van der Waals surface area contributed by atoms with Gasteiger partial charge in [-0.25, -0.2) is 13.4 Å². The maximum Gasteiger partial charge on any atom is 0.247 e. The minimum absolute atomic E-state index is 0.000874. The highest BCUT2D eigenvalue weighted by atomic mass is 32.2. The molecule has 0 bridgehead atoms. The third kappa shape index (κ3) is 3.89. The summed E-state index contributed by atoms with van der Waals surface area (Å²) in [4.78, 5) is 3.82. The molecule has 1 rings (SSSR count). The zero-order valence-electron chi connectivity index (χ0n) is 11.9. The normalized spacial score (nSPS) is 13.6. The van der Waals surface area contributed by atoms with E-state index in [1.165, 1.54) is 30.8 Å². The van der Waals surface area contributed by atoms with Gasteiger partial charge in [0.25, 0.3) is 0 Å². The Morgan fingerprint density at radius 3 is 2.65 bits per heavy atom. The van der Waals surface area contributed by atoms with Gasteiger partial charge in [0.15, 0.2) is 0 Å². The summed E-state index contributed by atoms with van der Waals surface area (Å²) in [6.07, 6.45) is 1.45. The summed E-state index contributed by atoms with van der Waals surface area (Å²) in [6.45, 7) is 2.55. The molecule has 0 fully saturated rings. The van der Waals surface area contributed by atoms with E-state index in [9.17, 15) is 8.42 Å². The van der Waals surface area contributed by atoms with Crippen LogP contribution in [-0.2, 0) is 19.5 Å². The molecule has 0 aliphatic heterocycles. The van der Waals surface area contributed by atoms with E-state index in [0.29, 0.717) is 0 Å². The predicted octanol–water partition coefficient (Wildman–Crippen LogP) is 0.336. The van der Waals surface area contributed by atoms with Gasteiger partial charge in [-0.3, -0.25) is 0 Å². The van der Waals surface area contributed by atoms with Crippen molar-refractivity contribution in [3.05, 3.63) is 18.3 Å². The summed E-state index contributed by atoms with van der Waals surface area (Å²) in [5, 5.41) is 0. The Kier molecular flexibility index (Phi) is 6.34. The van der Waals surface area contributed by atoms with Crippen molar-refractivity contribution in [2.75, 3.05) is 39.7 Å². The number of pyridine rings is 1. The van der Waals surface area contributed by atoms with Crippen LogP contribution in [-0.4, -0.2) is 57.7 Å². The molecule has 0 amide bonds. The van der Waals surface area contributed by atoms with Gasteiger partial charge < -0.3 is 15.2 Å². The van der Waals surface area contributed by atoms with Gasteiger partial charge in [0.2, 0.25) is 10.0 Å². The number of nitrogens with two attached hydrogens (primary N) is 1. The standard InChI is InChI=1S/C12H21N3O4S/c1-10(9-19-3)15(7-8-18-2)20(16,17)11-5-4-6-14-12(11)13/h4-6,10H,7-9H2,1-3H3,(H2,13,14). The molecule has 8 heteroatoms. The van der Waals surface area contributed by atoms with Gasteiger partial charge in [-0.05, 0) is 19.1 Å². The molecule has 0 aromatic carbocycles. The third-order valence-corrected chi connectivity index (χ3v) is 4.86. The van der Waals surface area contributed by atoms with Gasteiger partial charge in [-0.15, -0.1) is 0 Å². The zero-order chi connectivity index (χ0) is 15.2. The number of hydrogen-bond donors (Lipinski definition) is 1. The predicted molar refractivity (Wildman–Crippen MR) is 75.8 cm³/mol. The van der Waals surface area contributed by atoms with Crippen molar-refractivity contribution in [2.24, 2.45) is 0 Å². The Morgan fingerprint density at radius 2 is 2.10 bits per heavy atom. The number of nitrogens with zero attached hydrogens (tertiary/aromatic N) is 2. The molecule has 2 N–H and O–H groups in total. The quantitative estimate of drug-likeness (QED) is 0.744. The van der Waals surface area contributed by atoms with Crippen LogP contribution in [0.1, 0.15) is 6.92 Å². The lowest BCUT2D eigenvalue weighted by atomic mass is 10.3. The maximum absolute atomic E-state index is 12.7. The third-order valence-electron chi connectivity index (χ3n) is 2.80. The lowest BCUT2D eigenvalue weighted by molar-refractivity contribution is 0.119. The van der Waals surface area contributed by atoms with Crippen LogP contribution >= 0.6 is 0 Å². The summed E-state index contributed by atoms with van der Waals surface area (Å²) >= 11 is 0. The van der Waals surface area contributed by atoms with Crippen molar-refractivity contribution < 1.29 is 17.9 Å². The number of aromatic nitrogens is 1. The first kappa shape index (κ1) is 16.8. The molecular weight excluding hydrogens is 282 g/mol. The molecule has 7 nitrogen and oxygen atoms in total. The number of rotatable bonds is 8. The number of methoxy groups -OCH3 is 2. The first-order chi connectivity index (χ1) is 9.45. The molecule has 1 unspecified atom stereocenters. The molecule has 0 saturated carbocycles. The van der Waals surface area contributed by atoms with E-state index in [0.717, 1.165) is 0 Å². The number of anilines is 1. The number of sulfonamides is 1.